The second kappa shape index (κ2) is 8.15. The van der Waals surface area contributed by atoms with Crippen molar-refractivity contribution in [3.63, 3.8) is 0 Å². The van der Waals surface area contributed by atoms with Gasteiger partial charge in [-0.1, -0.05) is 24.3 Å². The Hall–Kier alpha value is -2.97. The number of rotatable bonds is 0. The number of benzene rings is 2. The second-order valence-corrected chi connectivity index (χ2v) is 6.51. The number of hydrogen-bond acceptors (Lipinski definition) is 4. The summed E-state index contributed by atoms with van der Waals surface area (Å²) in [6.45, 7) is 7.91. The Bertz CT molecular complexity index is 1020. The number of aromatic nitrogens is 2. The van der Waals surface area contributed by atoms with Gasteiger partial charge in [0.2, 0.25) is 0 Å². The molecule has 136 valence electrons. The zero-order valence-electron chi connectivity index (χ0n) is 15.4. The van der Waals surface area contributed by atoms with Crippen LogP contribution in [0.25, 0.3) is 21.8 Å². The van der Waals surface area contributed by atoms with Crippen molar-refractivity contribution in [2.45, 2.75) is 27.7 Å². The number of hydrogen-bond donors (Lipinski definition) is 2. The Morgan fingerprint density at radius 2 is 1.00 bits per heavy atom. The monoisotopic (exact) mass is 357 g/mol. The van der Waals surface area contributed by atoms with Gasteiger partial charge >= 0.3 is 10.1 Å². The normalized spacial score (nSPS) is 10.2. The van der Waals surface area contributed by atoms with Gasteiger partial charge in [-0.05, 0) is 63.1 Å². The molecule has 4 nitrogen and oxygen atoms in total. The third-order valence-electron chi connectivity index (χ3n) is 4.31. The van der Waals surface area contributed by atoms with Crippen molar-refractivity contribution < 1.29 is 10.2 Å². The molecule has 2 aromatic carbocycles. The first-order valence-corrected chi connectivity index (χ1v) is 8.48. The molecule has 27 heavy (non-hydrogen) atoms. The number of phenols is 2. The molecule has 0 radical (unpaired) electrons. The van der Waals surface area contributed by atoms with Crippen LogP contribution in [-0.4, -0.2) is 30.3 Å². The Morgan fingerprint density at radius 3 is 1.37 bits per heavy atom. The molecule has 4 rings (SSSR count). The molecule has 0 amide bonds. The van der Waals surface area contributed by atoms with Crippen LogP contribution in [0.4, 0.5) is 0 Å². The Morgan fingerprint density at radius 1 is 0.630 bits per heavy atom. The van der Waals surface area contributed by atoms with Crippen LogP contribution in [0, 0.1) is 27.7 Å². The van der Waals surface area contributed by atoms with Crippen LogP contribution in [0.5, 0.6) is 11.5 Å². The van der Waals surface area contributed by atoms with Gasteiger partial charge in [-0.2, -0.15) is 0 Å². The Labute approximate surface area is 162 Å². The standard InChI is InChI=1S/2C11H11NO.Be.2H/c2*1-7-6-8(2)12-11-9(7)4-3-5-10(11)13;;;/h2*3-6,13H,1-2H3;;;. The molecule has 0 aliphatic rings. The molecule has 0 spiro atoms. The van der Waals surface area contributed by atoms with Gasteiger partial charge in [0.1, 0.15) is 22.5 Å². The summed E-state index contributed by atoms with van der Waals surface area (Å²) in [6.07, 6.45) is 0. The van der Waals surface area contributed by atoms with Crippen molar-refractivity contribution in [1.29, 1.82) is 0 Å². The third kappa shape index (κ3) is 4.24. The average molecular weight is 357 g/mol. The van der Waals surface area contributed by atoms with Crippen LogP contribution in [-0.2, 0) is 0 Å². The van der Waals surface area contributed by atoms with Crippen molar-refractivity contribution >= 4 is 31.9 Å². The SMILES string of the molecule is Cc1cc(C)c2cccc(O)c2n1.Cc1cc(C)c2cccc(O)c2n1.[BeH2]. The van der Waals surface area contributed by atoms with Gasteiger partial charge in [0.15, 0.2) is 0 Å². The molecule has 0 atom stereocenters. The van der Waals surface area contributed by atoms with Crippen molar-refractivity contribution in [2.24, 2.45) is 0 Å². The molecule has 0 saturated heterocycles. The van der Waals surface area contributed by atoms with Crippen molar-refractivity contribution in [3.05, 3.63) is 71.0 Å². The molecule has 0 aliphatic heterocycles. The van der Waals surface area contributed by atoms with E-state index in [1.165, 1.54) is 0 Å². The molecule has 5 heteroatoms. The number of pyridine rings is 2. The van der Waals surface area contributed by atoms with E-state index < -0.39 is 0 Å². The summed E-state index contributed by atoms with van der Waals surface area (Å²) >= 11 is 0. The van der Waals surface area contributed by atoms with Gasteiger partial charge in [0.05, 0.1) is 0 Å². The molecule has 0 unspecified atom stereocenters. The number of fused-ring (bicyclic) bond motifs is 2. The summed E-state index contributed by atoms with van der Waals surface area (Å²) in [4.78, 5) is 8.57. The maximum atomic E-state index is 9.56. The number of nitrogens with zero attached hydrogens (tertiary/aromatic N) is 2. The zero-order valence-corrected chi connectivity index (χ0v) is 15.4. The summed E-state index contributed by atoms with van der Waals surface area (Å²) in [5, 5.41) is 21.2. The maximum absolute atomic E-state index is 9.56. The van der Waals surface area contributed by atoms with Crippen molar-refractivity contribution in [3.8, 4) is 11.5 Å². The van der Waals surface area contributed by atoms with E-state index in [0.29, 0.717) is 11.0 Å². The minimum absolute atomic E-state index is 0. The van der Waals surface area contributed by atoms with Crippen molar-refractivity contribution in [1.82, 2.24) is 9.97 Å². The van der Waals surface area contributed by atoms with Crippen LogP contribution in [0.2, 0.25) is 0 Å². The van der Waals surface area contributed by atoms with Crippen LogP contribution in [0.3, 0.4) is 0 Å². The first-order valence-electron chi connectivity index (χ1n) is 8.48. The summed E-state index contributed by atoms with van der Waals surface area (Å²) in [5.41, 5.74) is 5.56. The zero-order chi connectivity index (χ0) is 18.8. The molecule has 4 aromatic rings. The predicted octanol–water partition coefficient (Wildman–Crippen LogP) is 4.20. The van der Waals surface area contributed by atoms with Gasteiger partial charge < -0.3 is 10.2 Å². The van der Waals surface area contributed by atoms with Crippen LogP contribution >= 0.6 is 0 Å². The fourth-order valence-electron chi connectivity index (χ4n) is 3.13. The molecule has 0 aliphatic carbocycles. The topological polar surface area (TPSA) is 66.2 Å². The molecule has 0 fully saturated rings. The average Bonchev–Trinajstić information content (AvgIpc) is 2.57. The van der Waals surface area contributed by atoms with Gasteiger partial charge in [-0.15, -0.1) is 0 Å². The van der Waals surface area contributed by atoms with Crippen LogP contribution in [0.1, 0.15) is 22.5 Å². The summed E-state index contributed by atoms with van der Waals surface area (Å²) in [7, 11) is 0. The number of aryl methyl sites for hydroxylation is 4. The van der Waals surface area contributed by atoms with Crippen LogP contribution < -0.4 is 0 Å². The molecule has 2 N–H and O–H groups in total. The minimum atomic E-state index is 0. The summed E-state index contributed by atoms with van der Waals surface area (Å²) < 4.78 is 0. The van der Waals surface area contributed by atoms with Gasteiger partial charge in [-0.25, -0.2) is 9.97 Å². The predicted molar refractivity (Wildman–Crippen MR) is 114 cm³/mol. The third-order valence-corrected chi connectivity index (χ3v) is 4.31. The second-order valence-electron chi connectivity index (χ2n) is 6.51. The molecule has 2 heterocycles. The van der Waals surface area contributed by atoms with Gasteiger partial charge in [-0.3, -0.25) is 0 Å². The molecule has 2 aromatic heterocycles. The number of phenolic OH excluding ortho intramolecular Hbond substituents is 2. The summed E-state index contributed by atoms with van der Waals surface area (Å²) in [5.74, 6) is 0.508. The fourth-order valence-corrected chi connectivity index (χ4v) is 3.13. The van der Waals surface area contributed by atoms with E-state index in [-0.39, 0.29) is 21.6 Å². The van der Waals surface area contributed by atoms with Crippen molar-refractivity contribution in [2.75, 3.05) is 0 Å². The number of aromatic hydroxyl groups is 2. The summed E-state index contributed by atoms with van der Waals surface area (Å²) in [6, 6.07) is 15.0. The van der Waals surface area contributed by atoms with E-state index in [0.717, 1.165) is 33.3 Å². The van der Waals surface area contributed by atoms with Crippen LogP contribution in [0.15, 0.2) is 48.5 Å². The van der Waals surface area contributed by atoms with E-state index in [4.69, 9.17) is 0 Å². The Balaban J connectivity index is 0.000000187. The van der Waals surface area contributed by atoms with E-state index in [9.17, 15) is 10.2 Å². The van der Waals surface area contributed by atoms with E-state index >= 15 is 0 Å². The van der Waals surface area contributed by atoms with E-state index in [2.05, 4.69) is 9.97 Å². The van der Waals surface area contributed by atoms with E-state index in [1.807, 2.05) is 64.1 Å². The fraction of sp³-hybridized carbons (Fsp3) is 0.182. The molecular formula is C22H24BeN2O2. The number of para-hydroxylation sites is 2. The van der Waals surface area contributed by atoms with E-state index in [1.54, 1.807) is 12.1 Å². The molecular weight excluding hydrogens is 333 g/mol. The van der Waals surface area contributed by atoms with Gasteiger partial charge in [0, 0.05) is 22.2 Å². The first-order chi connectivity index (χ1) is 12.4. The molecule has 0 bridgehead atoms. The van der Waals surface area contributed by atoms with Gasteiger partial charge in [0.25, 0.3) is 0 Å². The molecule has 0 saturated carbocycles. The Kier molecular flexibility index (Phi) is 6.14. The first kappa shape index (κ1) is 20.3. The quantitative estimate of drug-likeness (QED) is 0.463.